The van der Waals surface area contributed by atoms with E-state index in [0.29, 0.717) is 5.65 Å². The average Bonchev–Trinajstić information content (AvgIpc) is 3.01. The van der Waals surface area contributed by atoms with Crippen molar-refractivity contribution in [2.24, 2.45) is 0 Å². The minimum atomic E-state index is -0.374. The van der Waals surface area contributed by atoms with Crippen LogP contribution in [0.2, 0.25) is 0 Å². The standard InChI is InChI=1S/C20H22N4O2/c1-12-8-13(2)19(14(3)9-12)23-18(25)10-21-20(26)16-11-24-15(4)6-5-7-17(24)22-16/h5-9,11H,10H2,1-4H3,(H,21,26)(H,23,25). The van der Waals surface area contributed by atoms with Crippen molar-refractivity contribution in [3.05, 3.63) is 64.6 Å². The first-order valence-electron chi connectivity index (χ1n) is 8.46. The third kappa shape index (κ3) is 3.59. The number of imidazole rings is 1. The molecule has 0 spiro atoms. The van der Waals surface area contributed by atoms with Crippen molar-refractivity contribution < 1.29 is 9.59 Å². The van der Waals surface area contributed by atoms with Gasteiger partial charge in [-0.05, 0) is 51.0 Å². The molecule has 1 aromatic carbocycles. The van der Waals surface area contributed by atoms with E-state index in [1.165, 1.54) is 0 Å². The monoisotopic (exact) mass is 350 g/mol. The molecule has 0 bridgehead atoms. The predicted molar refractivity (Wildman–Crippen MR) is 102 cm³/mol. The Morgan fingerprint density at radius 2 is 1.77 bits per heavy atom. The highest BCUT2D eigenvalue weighted by molar-refractivity contribution is 5.99. The summed E-state index contributed by atoms with van der Waals surface area (Å²) >= 11 is 0. The Morgan fingerprint density at radius 3 is 2.42 bits per heavy atom. The van der Waals surface area contributed by atoms with E-state index < -0.39 is 0 Å². The van der Waals surface area contributed by atoms with Crippen LogP contribution < -0.4 is 10.6 Å². The summed E-state index contributed by atoms with van der Waals surface area (Å²) in [6, 6.07) is 9.69. The van der Waals surface area contributed by atoms with Crippen LogP contribution in [0, 0.1) is 27.7 Å². The van der Waals surface area contributed by atoms with Gasteiger partial charge in [0.25, 0.3) is 5.91 Å². The van der Waals surface area contributed by atoms with Crippen LogP contribution in [0.5, 0.6) is 0 Å². The van der Waals surface area contributed by atoms with Gasteiger partial charge >= 0.3 is 0 Å². The zero-order valence-corrected chi connectivity index (χ0v) is 15.4. The molecule has 134 valence electrons. The second kappa shape index (κ2) is 7.00. The third-order valence-electron chi connectivity index (χ3n) is 4.28. The van der Waals surface area contributed by atoms with E-state index in [-0.39, 0.29) is 24.1 Å². The average molecular weight is 350 g/mol. The maximum absolute atomic E-state index is 12.3. The lowest BCUT2D eigenvalue weighted by atomic mass is 10.1. The summed E-state index contributed by atoms with van der Waals surface area (Å²) in [5, 5.41) is 5.49. The zero-order chi connectivity index (χ0) is 18.8. The van der Waals surface area contributed by atoms with E-state index in [0.717, 1.165) is 28.1 Å². The second-order valence-electron chi connectivity index (χ2n) is 6.53. The third-order valence-corrected chi connectivity index (χ3v) is 4.28. The summed E-state index contributed by atoms with van der Waals surface area (Å²) in [6.45, 7) is 7.75. The summed E-state index contributed by atoms with van der Waals surface area (Å²) in [5.74, 6) is -0.644. The highest BCUT2D eigenvalue weighted by Crippen LogP contribution is 2.21. The molecule has 2 N–H and O–H groups in total. The molecule has 2 amide bonds. The molecule has 2 aromatic heterocycles. The molecular formula is C20H22N4O2. The minimum Gasteiger partial charge on any atom is -0.342 e. The highest BCUT2D eigenvalue weighted by atomic mass is 16.2. The van der Waals surface area contributed by atoms with E-state index in [1.807, 2.05) is 62.4 Å². The number of amides is 2. The second-order valence-corrected chi connectivity index (χ2v) is 6.53. The molecule has 6 heteroatoms. The SMILES string of the molecule is Cc1cc(C)c(NC(=O)CNC(=O)c2cn3c(C)cccc3n2)c(C)c1. The van der Waals surface area contributed by atoms with Gasteiger partial charge < -0.3 is 15.0 Å². The van der Waals surface area contributed by atoms with Gasteiger partial charge in [-0.25, -0.2) is 4.98 Å². The number of benzene rings is 1. The number of nitrogens with zero attached hydrogens (tertiary/aromatic N) is 2. The van der Waals surface area contributed by atoms with Gasteiger partial charge in [0, 0.05) is 17.6 Å². The van der Waals surface area contributed by atoms with Crippen molar-refractivity contribution in [1.29, 1.82) is 0 Å². The van der Waals surface area contributed by atoms with Crippen molar-refractivity contribution in [1.82, 2.24) is 14.7 Å². The molecule has 2 heterocycles. The van der Waals surface area contributed by atoms with Gasteiger partial charge in [-0.3, -0.25) is 9.59 Å². The van der Waals surface area contributed by atoms with Crippen molar-refractivity contribution in [3.8, 4) is 0 Å². The predicted octanol–water partition coefficient (Wildman–Crippen LogP) is 2.94. The topological polar surface area (TPSA) is 75.5 Å². The number of fused-ring (bicyclic) bond motifs is 1. The Balaban J connectivity index is 1.65. The number of hydrogen-bond acceptors (Lipinski definition) is 3. The molecule has 0 aliphatic rings. The first-order chi connectivity index (χ1) is 12.3. The van der Waals surface area contributed by atoms with E-state index in [4.69, 9.17) is 0 Å². The number of hydrogen-bond donors (Lipinski definition) is 2. The molecule has 0 fully saturated rings. The Labute approximate surface area is 152 Å². The van der Waals surface area contributed by atoms with Gasteiger partial charge in [-0.1, -0.05) is 23.8 Å². The molecule has 0 unspecified atom stereocenters. The van der Waals surface area contributed by atoms with Crippen molar-refractivity contribution in [3.63, 3.8) is 0 Å². The Kier molecular flexibility index (Phi) is 4.75. The van der Waals surface area contributed by atoms with Crippen LogP contribution in [0.25, 0.3) is 5.65 Å². The first kappa shape index (κ1) is 17.7. The zero-order valence-electron chi connectivity index (χ0n) is 15.4. The number of carbonyl (C=O) groups is 2. The van der Waals surface area contributed by atoms with E-state index in [9.17, 15) is 9.59 Å². The number of nitrogens with one attached hydrogen (secondary N) is 2. The van der Waals surface area contributed by atoms with Crippen molar-refractivity contribution >= 4 is 23.1 Å². The molecule has 0 saturated heterocycles. The van der Waals surface area contributed by atoms with E-state index >= 15 is 0 Å². The molecule has 0 aliphatic heterocycles. The van der Waals surface area contributed by atoms with Gasteiger partial charge in [0.1, 0.15) is 11.3 Å². The van der Waals surface area contributed by atoms with Gasteiger partial charge in [-0.2, -0.15) is 0 Å². The van der Waals surface area contributed by atoms with Crippen LogP contribution in [0.4, 0.5) is 5.69 Å². The summed E-state index contributed by atoms with van der Waals surface area (Å²) < 4.78 is 1.84. The number of aryl methyl sites for hydroxylation is 4. The number of pyridine rings is 1. The Morgan fingerprint density at radius 1 is 1.08 bits per heavy atom. The number of carbonyl (C=O) groups excluding carboxylic acids is 2. The van der Waals surface area contributed by atoms with Crippen LogP contribution in [-0.4, -0.2) is 27.7 Å². The molecule has 0 aliphatic carbocycles. The first-order valence-corrected chi connectivity index (χ1v) is 8.46. The lowest BCUT2D eigenvalue weighted by molar-refractivity contribution is -0.115. The summed E-state index contributed by atoms with van der Waals surface area (Å²) in [5.41, 5.74) is 5.90. The van der Waals surface area contributed by atoms with Gasteiger partial charge in [0.05, 0.1) is 6.54 Å². The molecular weight excluding hydrogens is 328 g/mol. The van der Waals surface area contributed by atoms with Crippen molar-refractivity contribution in [2.45, 2.75) is 27.7 Å². The number of rotatable bonds is 4. The van der Waals surface area contributed by atoms with Gasteiger partial charge in [-0.15, -0.1) is 0 Å². The molecule has 0 saturated carbocycles. The fraction of sp³-hybridized carbons (Fsp3) is 0.250. The molecule has 3 aromatic rings. The maximum Gasteiger partial charge on any atom is 0.271 e. The van der Waals surface area contributed by atoms with Crippen LogP contribution in [0.1, 0.15) is 32.9 Å². The van der Waals surface area contributed by atoms with Crippen LogP contribution in [0.3, 0.4) is 0 Å². The fourth-order valence-electron chi connectivity index (χ4n) is 3.07. The van der Waals surface area contributed by atoms with Gasteiger partial charge in [0.2, 0.25) is 5.91 Å². The normalized spacial score (nSPS) is 10.8. The number of aromatic nitrogens is 2. The molecule has 26 heavy (non-hydrogen) atoms. The summed E-state index contributed by atoms with van der Waals surface area (Å²) in [7, 11) is 0. The smallest absolute Gasteiger partial charge is 0.271 e. The van der Waals surface area contributed by atoms with Crippen LogP contribution in [0.15, 0.2) is 36.5 Å². The minimum absolute atomic E-state index is 0.113. The van der Waals surface area contributed by atoms with Crippen LogP contribution in [-0.2, 0) is 4.79 Å². The van der Waals surface area contributed by atoms with Crippen LogP contribution >= 0.6 is 0 Å². The molecule has 3 rings (SSSR count). The van der Waals surface area contributed by atoms with Gasteiger partial charge in [0.15, 0.2) is 0 Å². The fourth-order valence-corrected chi connectivity index (χ4v) is 3.07. The summed E-state index contributed by atoms with van der Waals surface area (Å²) in [4.78, 5) is 28.8. The Hall–Kier alpha value is -3.15. The number of anilines is 1. The van der Waals surface area contributed by atoms with E-state index in [1.54, 1.807) is 6.20 Å². The maximum atomic E-state index is 12.3. The lowest BCUT2D eigenvalue weighted by Gasteiger charge is -2.13. The highest BCUT2D eigenvalue weighted by Gasteiger charge is 2.14. The lowest BCUT2D eigenvalue weighted by Crippen LogP contribution is -2.33. The molecule has 6 nitrogen and oxygen atoms in total. The van der Waals surface area contributed by atoms with Crippen molar-refractivity contribution in [2.75, 3.05) is 11.9 Å². The quantitative estimate of drug-likeness (QED) is 0.760. The Bertz CT molecular complexity index is 981. The molecule has 0 radical (unpaired) electrons. The summed E-state index contributed by atoms with van der Waals surface area (Å²) in [6.07, 6.45) is 1.67. The van der Waals surface area contributed by atoms with E-state index in [2.05, 4.69) is 15.6 Å². The molecule has 0 atom stereocenters. The largest absolute Gasteiger partial charge is 0.342 e.